The third-order valence-electron chi connectivity index (χ3n) is 2.48. The Kier molecular flexibility index (Phi) is 2.28. The standard InChI is InChI=1S/C9H13N5O/c1-5(14(2)3)7-12-6-8(13-7)10-4-11-9(6)15/h4-5H,1-3H3,(H2,10,11,12,13,15). The lowest BCUT2D eigenvalue weighted by Gasteiger charge is -2.16. The Morgan fingerprint density at radius 3 is 2.80 bits per heavy atom. The van der Waals surface area contributed by atoms with Crippen molar-refractivity contribution < 1.29 is 0 Å². The zero-order chi connectivity index (χ0) is 11.0. The molecule has 6 nitrogen and oxygen atoms in total. The van der Waals surface area contributed by atoms with E-state index >= 15 is 0 Å². The van der Waals surface area contributed by atoms with Gasteiger partial charge in [0.05, 0.1) is 12.4 Å². The molecule has 2 aromatic heterocycles. The summed E-state index contributed by atoms with van der Waals surface area (Å²) in [5.41, 5.74) is 0.702. The fourth-order valence-corrected chi connectivity index (χ4v) is 1.30. The van der Waals surface area contributed by atoms with Gasteiger partial charge in [0.15, 0.2) is 11.2 Å². The molecule has 0 amide bonds. The SMILES string of the molecule is CC(c1nc2nc[nH]c(=O)c2[nH]1)N(C)C. The molecule has 0 bridgehead atoms. The highest BCUT2D eigenvalue weighted by Crippen LogP contribution is 2.14. The number of imidazole rings is 1. The molecule has 0 fully saturated rings. The van der Waals surface area contributed by atoms with E-state index in [1.165, 1.54) is 6.33 Å². The van der Waals surface area contributed by atoms with Crippen LogP contribution < -0.4 is 5.56 Å². The van der Waals surface area contributed by atoms with Gasteiger partial charge in [-0.25, -0.2) is 9.97 Å². The molecular weight excluding hydrogens is 194 g/mol. The second-order valence-corrected chi connectivity index (χ2v) is 3.69. The number of aromatic nitrogens is 4. The summed E-state index contributed by atoms with van der Waals surface area (Å²) in [6.07, 6.45) is 1.36. The normalized spacial score (nSPS) is 13.6. The van der Waals surface area contributed by atoms with Gasteiger partial charge in [0.1, 0.15) is 5.82 Å². The predicted molar refractivity (Wildman–Crippen MR) is 56.6 cm³/mol. The summed E-state index contributed by atoms with van der Waals surface area (Å²) in [5, 5.41) is 0. The van der Waals surface area contributed by atoms with Crippen LogP contribution in [0.5, 0.6) is 0 Å². The van der Waals surface area contributed by atoms with Crippen LogP contribution in [0.1, 0.15) is 18.8 Å². The summed E-state index contributed by atoms with van der Waals surface area (Å²) in [5.74, 6) is 0.749. The smallest absolute Gasteiger partial charge is 0.276 e. The fraction of sp³-hybridized carbons (Fsp3) is 0.444. The van der Waals surface area contributed by atoms with Crippen molar-refractivity contribution in [1.29, 1.82) is 0 Å². The van der Waals surface area contributed by atoms with Gasteiger partial charge in [-0.1, -0.05) is 0 Å². The van der Waals surface area contributed by atoms with Crippen molar-refractivity contribution >= 4 is 11.2 Å². The summed E-state index contributed by atoms with van der Waals surface area (Å²) in [6, 6.07) is 0.124. The fourth-order valence-electron chi connectivity index (χ4n) is 1.30. The van der Waals surface area contributed by atoms with Crippen LogP contribution in [0.4, 0.5) is 0 Å². The van der Waals surface area contributed by atoms with Crippen LogP contribution in [0.25, 0.3) is 11.2 Å². The van der Waals surface area contributed by atoms with Crippen LogP contribution >= 0.6 is 0 Å². The van der Waals surface area contributed by atoms with Crippen molar-refractivity contribution in [2.75, 3.05) is 14.1 Å². The number of nitrogens with zero attached hydrogens (tertiary/aromatic N) is 3. The van der Waals surface area contributed by atoms with Gasteiger partial charge >= 0.3 is 0 Å². The second kappa shape index (κ2) is 3.47. The lowest BCUT2D eigenvalue weighted by Crippen LogP contribution is -2.17. The van der Waals surface area contributed by atoms with Crippen molar-refractivity contribution in [1.82, 2.24) is 24.8 Å². The van der Waals surface area contributed by atoms with Crippen molar-refractivity contribution in [3.05, 3.63) is 22.5 Å². The predicted octanol–water partition coefficient (Wildman–Crippen LogP) is 0.269. The first-order valence-electron chi connectivity index (χ1n) is 4.69. The number of hydrogen-bond acceptors (Lipinski definition) is 4. The van der Waals surface area contributed by atoms with E-state index in [0.717, 1.165) is 5.82 Å². The number of nitrogens with one attached hydrogen (secondary N) is 2. The third-order valence-corrected chi connectivity index (χ3v) is 2.48. The number of aromatic amines is 2. The van der Waals surface area contributed by atoms with E-state index in [-0.39, 0.29) is 11.6 Å². The Hall–Kier alpha value is -1.69. The first-order chi connectivity index (χ1) is 7.09. The summed E-state index contributed by atoms with van der Waals surface area (Å²) < 4.78 is 0. The van der Waals surface area contributed by atoms with Gasteiger partial charge in [0.25, 0.3) is 5.56 Å². The van der Waals surface area contributed by atoms with Crippen molar-refractivity contribution in [3.8, 4) is 0 Å². The minimum atomic E-state index is -0.190. The monoisotopic (exact) mass is 207 g/mol. The molecule has 0 aliphatic heterocycles. The van der Waals surface area contributed by atoms with Crippen LogP contribution in [-0.2, 0) is 0 Å². The lowest BCUT2D eigenvalue weighted by atomic mass is 10.3. The molecule has 0 radical (unpaired) electrons. The van der Waals surface area contributed by atoms with Gasteiger partial charge in [-0.15, -0.1) is 0 Å². The lowest BCUT2D eigenvalue weighted by molar-refractivity contribution is 0.310. The maximum absolute atomic E-state index is 11.4. The summed E-state index contributed by atoms with van der Waals surface area (Å²) in [7, 11) is 3.91. The first kappa shape index (κ1) is 9.85. The molecule has 0 aliphatic carbocycles. The molecule has 2 rings (SSSR count). The summed E-state index contributed by atoms with van der Waals surface area (Å²) in [6.45, 7) is 2.01. The third kappa shape index (κ3) is 1.63. The van der Waals surface area contributed by atoms with Gasteiger partial charge < -0.3 is 9.97 Å². The zero-order valence-electron chi connectivity index (χ0n) is 8.90. The number of rotatable bonds is 2. The van der Waals surface area contributed by atoms with E-state index in [1.54, 1.807) is 0 Å². The molecule has 6 heteroatoms. The molecule has 2 heterocycles. The first-order valence-corrected chi connectivity index (χ1v) is 4.69. The number of fused-ring (bicyclic) bond motifs is 1. The van der Waals surface area contributed by atoms with Crippen molar-refractivity contribution in [2.45, 2.75) is 13.0 Å². The molecule has 2 N–H and O–H groups in total. The Morgan fingerprint density at radius 1 is 1.47 bits per heavy atom. The highest BCUT2D eigenvalue weighted by molar-refractivity contribution is 5.68. The van der Waals surface area contributed by atoms with Gasteiger partial charge in [-0.05, 0) is 21.0 Å². The van der Waals surface area contributed by atoms with Crippen LogP contribution in [0.15, 0.2) is 11.1 Å². The molecule has 1 unspecified atom stereocenters. The second-order valence-electron chi connectivity index (χ2n) is 3.69. The van der Waals surface area contributed by atoms with E-state index in [1.807, 2.05) is 25.9 Å². The molecule has 80 valence electrons. The highest BCUT2D eigenvalue weighted by Gasteiger charge is 2.14. The molecule has 0 aliphatic rings. The molecule has 0 spiro atoms. The minimum Gasteiger partial charge on any atom is -0.335 e. The number of hydrogen-bond donors (Lipinski definition) is 2. The minimum absolute atomic E-state index is 0.124. The van der Waals surface area contributed by atoms with E-state index in [2.05, 4.69) is 19.9 Å². The number of H-pyrrole nitrogens is 2. The van der Waals surface area contributed by atoms with Crippen LogP contribution in [0.3, 0.4) is 0 Å². The Morgan fingerprint density at radius 2 is 2.20 bits per heavy atom. The van der Waals surface area contributed by atoms with Crippen molar-refractivity contribution in [2.24, 2.45) is 0 Å². The molecule has 0 aromatic carbocycles. The van der Waals surface area contributed by atoms with Gasteiger partial charge in [-0.2, -0.15) is 0 Å². The molecule has 1 atom stereocenters. The average molecular weight is 207 g/mol. The highest BCUT2D eigenvalue weighted by atomic mass is 16.1. The average Bonchev–Trinajstić information content (AvgIpc) is 2.61. The maximum Gasteiger partial charge on any atom is 0.276 e. The van der Waals surface area contributed by atoms with Gasteiger partial charge in [-0.3, -0.25) is 9.69 Å². The molecule has 2 aromatic rings. The summed E-state index contributed by atoms with van der Waals surface area (Å²) in [4.78, 5) is 27.2. The Labute approximate surface area is 86.4 Å². The molecule has 0 saturated carbocycles. The largest absolute Gasteiger partial charge is 0.335 e. The van der Waals surface area contributed by atoms with Crippen LogP contribution in [0.2, 0.25) is 0 Å². The molecule has 0 saturated heterocycles. The van der Waals surface area contributed by atoms with E-state index in [9.17, 15) is 4.79 Å². The van der Waals surface area contributed by atoms with E-state index < -0.39 is 0 Å². The Bertz CT molecular complexity index is 527. The Balaban J connectivity index is 2.57. The molecular formula is C9H13N5O. The topological polar surface area (TPSA) is 77.7 Å². The van der Waals surface area contributed by atoms with E-state index in [4.69, 9.17) is 0 Å². The molecule has 15 heavy (non-hydrogen) atoms. The summed E-state index contributed by atoms with van der Waals surface area (Å²) >= 11 is 0. The van der Waals surface area contributed by atoms with Crippen LogP contribution in [-0.4, -0.2) is 38.9 Å². The van der Waals surface area contributed by atoms with Gasteiger partial charge in [0.2, 0.25) is 0 Å². The van der Waals surface area contributed by atoms with Crippen LogP contribution in [0, 0.1) is 0 Å². The quantitative estimate of drug-likeness (QED) is 0.741. The van der Waals surface area contributed by atoms with E-state index in [0.29, 0.717) is 11.2 Å². The zero-order valence-corrected chi connectivity index (χ0v) is 8.90. The maximum atomic E-state index is 11.4. The van der Waals surface area contributed by atoms with Crippen molar-refractivity contribution in [3.63, 3.8) is 0 Å². The van der Waals surface area contributed by atoms with Gasteiger partial charge in [0, 0.05) is 0 Å².